The quantitative estimate of drug-likeness (QED) is 0.870. The first-order valence-electron chi connectivity index (χ1n) is 5.38. The number of alkyl halides is 3. The molecule has 1 N–H and O–H groups in total. The lowest BCUT2D eigenvalue weighted by Gasteiger charge is -2.28. The molecule has 0 aromatic carbocycles. The van der Waals surface area contributed by atoms with Crippen molar-refractivity contribution in [1.82, 2.24) is 9.71 Å². The van der Waals surface area contributed by atoms with Crippen LogP contribution in [-0.2, 0) is 11.4 Å². The van der Waals surface area contributed by atoms with Gasteiger partial charge >= 0.3 is 6.18 Å². The van der Waals surface area contributed by atoms with Gasteiger partial charge in [0, 0.05) is 17.6 Å². The van der Waals surface area contributed by atoms with Gasteiger partial charge in [0.15, 0.2) is 6.04 Å². The van der Waals surface area contributed by atoms with Crippen molar-refractivity contribution in [2.45, 2.75) is 37.7 Å². The van der Waals surface area contributed by atoms with Crippen molar-refractivity contribution in [1.29, 1.82) is 0 Å². The minimum absolute atomic E-state index is 0.122. The van der Waals surface area contributed by atoms with E-state index in [1.807, 2.05) is 0 Å². The summed E-state index contributed by atoms with van der Waals surface area (Å²) in [7, 11) is 0. The van der Waals surface area contributed by atoms with Gasteiger partial charge in [-0.25, -0.2) is 0 Å². The molecule has 0 spiro atoms. The zero-order chi connectivity index (χ0) is 14.8. The van der Waals surface area contributed by atoms with Gasteiger partial charge in [-0.3, -0.25) is 4.98 Å². The third-order valence-electron chi connectivity index (χ3n) is 2.17. The summed E-state index contributed by atoms with van der Waals surface area (Å²) in [6.45, 7) is 4.72. The topological polar surface area (TPSA) is 48.0 Å². The molecular weight excluding hydrogens is 301 g/mol. The Labute approximate surface area is 117 Å². The normalized spacial score (nSPS) is 16.2. The summed E-state index contributed by atoms with van der Waals surface area (Å²) in [6, 6.07) is 0.575. The van der Waals surface area contributed by atoms with Crippen LogP contribution >= 0.6 is 11.6 Å². The molecule has 0 aliphatic heterocycles. The van der Waals surface area contributed by atoms with E-state index in [2.05, 4.69) is 9.71 Å². The van der Waals surface area contributed by atoms with Gasteiger partial charge in [0.2, 0.25) is 0 Å². The van der Waals surface area contributed by atoms with Gasteiger partial charge in [0.1, 0.15) is 4.75 Å². The van der Waals surface area contributed by atoms with Crippen LogP contribution in [0.4, 0.5) is 13.2 Å². The predicted octanol–water partition coefficient (Wildman–Crippen LogP) is 3.39. The third-order valence-corrected chi connectivity index (χ3v) is 4.05. The molecule has 0 radical (unpaired) electrons. The van der Waals surface area contributed by atoms with Crippen LogP contribution in [0.1, 0.15) is 32.5 Å². The first-order valence-corrected chi connectivity index (χ1v) is 6.91. The first kappa shape index (κ1) is 16.6. The Morgan fingerprint density at radius 2 is 1.95 bits per heavy atom. The standard InChI is InChI=1S/C11H14ClF3N2OS/c1-10(2,3)19(18)17-9(11(13,14)15)8-7(12)5-4-6-16-8/h4-6,9,17H,1-3H3/t9-,19?/m1/s1. The highest BCUT2D eigenvalue weighted by Crippen LogP contribution is 2.36. The number of hydrogen-bond donors (Lipinski definition) is 1. The van der Waals surface area contributed by atoms with Gasteiger partial charge in [-0.15, -0.1) is 4.72 Å². The van der Waals surface area contributed by atoms with E-state index < -0.39 is 28.3 Å². The monoisotopic (exact) mass is 314 g/mol. The molecule has 1 unspecified atom stereocenters. The number of rotatable bonds is 3. The van der Waals surface area contributed by atoms with Crippen LogP contribution in [0.2, 0.25) is 5.02 Å². The van der Waals surface area contributed by atoms with Crippen LogP contribution in [0, 0.1) is 0 Å². The summed E-state index contributed by atoms with van der Waals surface area (Å²) >= 11 is 3.83. The highest BCUT2D eigenvalue weighted by atomic mass is 35.5. The number of pyridine rings is 1. The van der Waals surface area contributed by atoms with Crippen molar-refractivity contribution in [2.24, 2.45) is 0 Å². The average molecular weight is 315 g/mol. The lowest BCUT2D eigenvalue weighted by atomic mass is 10.2. The molecule has 1 rings (SSSR count). The predicted molar refractivity (Wildman–Crippen MR) is 69.1 cm³/mol. The highest BCUT2D eigenvalue weighted by molar-refractivity contribution is 7.90. The van der Waals surface area contributed by atoms with Crippen LogP contribution in [0.3, 0.4) is 0 Å². The summed E-state index contributed by atoms with van der Waals surface area (Å²) in [5, 5.41) is -0.122. The maximum absolute atomic E-state index is 13.0. The fraction of sp³-hybridized carbons (Fsp3) is 0.545. The van der Waals surface area contributed by atoms with Crippen LogP contribution in [0.15, 0.2) is 18.3 Å². The number of hydrogen-bond acceptors (Lipinski definition) is 3. The molecule has 0 saturated carbocycles. The molecule has 108 valence electrons. The Bertz CT molecular complexity index is 437. The molecule has 0 amide bonds. The summed E-state index contributed by atoms with van der Waals surface area (Å²) in [6.07, 6.45) is -3.43. The molecule has 3 nitrogen and oxygen atoms in total. The first-order chi connectivity index (χ1) is 8.53. The summed E-state index contributed by atoms with van der Waals surface area (Å²) in [5.41, 5.74) is -0.380. The zero-order valence-corrected chi connectivity index (χ0v) is 12.2. The molecule has 19 heavy (non-hydrogen) atoms. The van der Waals surface area contributed by atoms with Gasteiger partial charge in [-0.1, -0.05) is 11.6 Å². The van der Waals surface area contributed by atoms with Crippen LogP contribution in [0.5, 0.6) is 0 Å². The van der Waals surface area contributed by atoms with E-state index in [9.17, 15) is 17.7 Å². The average Bonchev–Trinajstić information content (AvgIpc) is 2.24. The maximum Gasteiger partial charge on any atom is 0.413 e. The van der Waals surface area contributed by atoms with E-state index in [-0.39, 0.29) is 10.7 Å². The fourth-order valence-electron chi connectivity index (χ4n) is 1.17. The minimum Gasteiger partial charge on any atom is -0.598 e. The van der Waals surface area contributed by atoms with E-state index in [1.165, 1.54) is 18.3 Å². The van der Waals surface area contributed by atoms with Crippen molar-refractivity contribution >= 4 is 23.0 Å². The molecule has 0 aliphatic carbocycles. The van der Waals surface area contributed by atoms with Crippen molar-refractivity contribution < 1.29 is 17.7 Å². The van der Waals surface area contributed by atoms with Crippen LogP contribution < -0.4 is 4.72 Å². The van der Waals surface area contributed by atoms with Crippen LogP contribution in [0.25, 0.3) is 0 Å². The Hall–Kier alpha value is -0.500. The summed E-state index contributed by atoms with van der Waals surface area (Å²) in [5.74, 6) is 0. The molecule has 2 atom stereocenters. The fourth-order valence-corrected chi connectivity index (χ4v) is 2.22. The van der Waals surface area contributed by atoms with Crippen molar-refractivity contribution in [3.05, 3.63) is 29.0 Å². The molecule has 0 bridgehead atoms. The smallest absolute Gasteiger partial charge is 0.413 e. The minimum atomic E-state index is -4.64. The van der Waals surface area contributed by atoms with Gasteiger partial charge in [-0.2, -0.15) is 13.2 Å². The molecule has 8 heteroatoms. The van der Waals surface area contributed by atoms with E-state index in [1.54, 1.807) is 20.8 Å². The van der Waals surface area contributed by atoms with Crippen molar-refractivity contribution in [2.75, 3.05) is 0 Å². The summed E-state index contributed by atoms with van der Waals surface area (Å²) in [4.78, 5) is 3.63. The van der Waals surface area contributed by atoms with Crippen molar-refractivity contribution in [3.8, 4) is 0 Å². The lowest BCUT2D eigenvalue weighted by molar-refractivity contribution is -0.153. The second-order valence-electron chi connectivity index (χ2n) is 4.84. The van der Waals surface area contributed by atoms with Crippen LogP contribution in [-0.4, -0.2) is 20.5 Å². The second kappa shape index (κ2) is 5.87. The molecule has 1 aromatic rings. The van der Waals surface area contributed by atoms with Gasteiger partial charge < -0.3 is 4.55 Å². The highest BCUT2D eigenvalue weighted by Gasteiger charge is 2.47. The number of nitrogens with zero attached hydrogens (tertiary/aromatic N) is 1. The maximum atomic E-state index is 13.0. The number of nitrogens with one attached hydrogen (secondary N) is 1. The van der Waals surface area contributed by atoms with E-state index in [0.717, 1.165) is 0 Å². The Kier molecular flexibility index (Phi) is 5.11. The molecule has 1 aromatic heterocycles. The number of aromatic nitrogens is 1. The molecular formula is C11H14ClF3N2OS. The van der Waals surface area contributed by atoms with Gasteiger partial charge in [-0.05, 0) is 32.9 Å². The van der Waals surface area contributed by atoms with E-state index in [4.69, 9.17) is 11.6 Å². The van der Waals surface area contributed by atoms with Gasteiger partial charge in [0.05, 0.1) is 10.7 Å². The second-order valence-corrected chi connectivity index (χ2v) is 7.25. The van der Waals surface area contributed by atoms with Gasteiger partial charge in [0.25, 0.3) is 0 Å². The molecule has 0 fully saturated rings. The van der Waals surface area contributed by atoms with E-state index >= 15 is 0 Å². The zero-order valence-electron chi connectivity index (χ0n) is 10.6. The lowest BCUT2D eigenvalue weighted by Crippen LogP contribution is -2.46. The molecule has 1 heterocycles. The third kappa shape index (κ3) is 4.52. The SMILES string of the molecule is CC(C)(C)[S+]([O-])N[C@H](c1ncccc1Cl)C(F)(F)F. The Balaban J connectivity index is 3.08. The molecule has 0 saturated heterocycles. The van der Waals surface area contributed by atoms with Crippen molar-refractivity contribution in [3.63, 3.8) is 0 Å². The molecule has 0 aliphatic rings. The Morgan fingerprint density at radius 1 is 1.37 bits per heavy atom. The largest absolute Gasteiger partial charge is 0.598 e. The number of halogens is 4. The van der Waals surface area contributed by atoms with E-state index in [0.29, 0.717) is 0 Å². The Morgan fingerprint density at radius 3 is 2.37 bits per heavy atom. The summed E-state index contributed by atoms with van der Waals surface area (Å²) < 4.78 is 52.2.